The van der Waals surface area contributed by atoms with Crippen LogP contribution < -0.4 is 0 Å². The minimum Gasteiger partial charge on any atom is -0.396 e. The highest BCUT2D eigenvalue weighted by atomic mass is 16.3. The minimum absolute atomic E-state index is 0.0421. The molecule has 136 valence electrons. The molecule has 1 aromatic carbocycles. The summed E-state index contributed by atoms with van der Waals surface area (Å²) in [6.45, 7) is 7.30. The summed E-state index contributed by atoms with van der Waals surface area (Å²) in [6.07, 6.45) is 9.35. The average molecular weight is 350 g/mol. The lowest BCUT2D eigenvalue weighted by Gasteiger charge is -2.21. The van der Waals surface area contributed by atoms with E-state index >= 15 is 0 Å². The van der Waals surface area contributed by atoms with Gasteiger partial charge in [0.05, 0.1) is 18.2 Å². The molecule has 3 rings (SSSR count). The van der Waals surface area contributed by atoms with Gasteiger partial charge in [0, 0.05) is 36.7 Å². The van der Waals surface area contributed by atoms with Crippen molar-refractivity contribution in [1.29, 1.82) is 0 Å². The van der Waals surface area contributed by atoms with Crippen molar-refractivity contribution < 1.29 is 5.11 Å². The number of hydrogen-bond acceptors (Lipinski definition) is 4. The van der Waals surface area contributed by atoms with Crippen LogP contribution in [0.4, 0.5) is 0 Å². The molecule has 0 atom stereocenters. The van der Waals surface area contributed by atoms with E-state index in [2.05, 4.69) is 52.4 Å². The Bertz CT molecular complexity index is 835. The normalized spacial score (nSPS) is 11.7. The van der Waals surface area contributed by atoms with Gasteiger partial charge >= 0.3 is 0 Å². The minimum atomic E-state index is -0.0421. The topological polar surface area (TPSA) is 63.8 Å². The molecule has 26 heavy (non-hydrogen) atoms. The molecule has 2 aromatic heterocycles. The molecular weight excluding hydrogens is 324 g/mol. The summed E-state index contributed by atoms with van der Waals surface area (Å²) in [4.78, 5) is 13.3. The predicted molar refractivity (Wildman–Crippen MR) is 104 cm³/mol. The maximum atomic E-state index is 9.38. The van der Waals surface area contributed by atoms with Crippen LogP contribution in [-0.4, -0.2) is 31.2 Å². The molecule has 0 aliphatic carbocycles. The number of aromatic nitrogens is 4. The Labute approximate surface area is 154 Å². The van der Waals surface area contributed by atoms with Gasteiger partial charge in [-0.05, 0) is 25.2 Å². The second-order valence-corrected chi connectivity index (χ2v) is 7.56. The molecule has 0 saturated carbocycles. The first-order valence-corrected chi connectivity index (χ1v) is 8.99. The highest BCUT2D eigenvalue weighted by Crippen LogP contribution is 2.24. The van der Waals surface area contributed by atoms with Crippen molar-refractivity contribution in [2.75, 3.05) is 6.61 Å². The molecule has 3 aromatic rings. The Morgan fingerprint density at radius 2 is 1.69 bits per heavy atom. The number of nitrogens with zero attached hydrogens (tertiary/aromatic N) is 4. The fourth-order valence-corrected chi connectivity index (χ4v) is 2.86. The van der Waals surface area contributed by atoms with Gasteiger partial charge in [0.25, 0.3) is 0 Å². The van der Waals surface area contributed by atoms with Crippen molar-refractivity contribution >= 4 is 0 Å². The summed E-state index contributed by atoms with van der Waals surface area (Å²) in [7, 11) is 0. The molecule has 2 heterocycles. The first-order valence-electron chi connectivity index (χ1n) is 8.99. The van der Waals surface area contributed by atoms with Crippen molar-refractivity contribution in [1.82, 2.24) is 19.5 Å². The molecule has 0 aliphatic rings. The second-order valence-electron chi connectivity index (χ2n) is 7.56. The molecule has 1 N–H and O–H groups in total. The van der Waals surface area contributed by atoms with E-state index in [-0.39, 0.29) is 12.0 Å². The Morgan fingerprint density at radius 3 is 2.35 bits per heavy atom. The van der Waals surface area contributed by atoms with E-state index in [9.17, 15) is 5.11 Å². The van der Waals surface area contributed by atoms with Crippen LogP contribution in [0.3, 0.4) is 0 Å². The molecule has 0 aliphatic heterocycles. The molecule has 0 bridgehead atoms. The summed E-state index contributed by atoms with van der Waals surface area (Å²) in [5.74, 6) is 0.726. The SMILES string of the molecule is Cc1ccc(-c2ncc(-c3cncn3CCCC(C)(C)CO)cn2)cc1. The molecule has 0 radical (unpaired) electrons. The van der Waals surface area contributed by atoms with Crippen molar-refractivity contribution in [2.24, 2.45) is 5.41 Å². The standard InChI is InChI=1S/C21H26N4O/c1-16-5-7-17(8-6-16)20-23-11-18(12-24-20)19-13-22-15-25(19)10-4-9-21(2,3)14-26/h5-8,11-13,15,26H,4,9-10,14H2,1-3H3. The predicted octanol–water partition coefficient (Wildman–Crippen LogP) is 4.11. The molecular formula is C21H26N4O. The van der Waals surface area contributed by atoms with E-state index < -0.39 is 0 Å². The number of aliphatic hydroxyl groups excluding tert-OH is 1. The largest absolute Gasteiger partial charge is 0.396 e. The van der Waals surface area contributed by atoms with E-state index in [1.54, 1.807) is 0 Å². The number of rotatable bonds is 7. The van der Waals surface area contributed by atoms with Crippen LogP contribution in [0.5, 0.6) is 0 Å². The van der Waals surface area contributed by atoms with Crippen molar-refractivity contribution in [3.63, 3.8) is 0 Å². The summed E-state index contributed by atoms with van der Waals surface area (Å²) in [5, 5.41) is 9.38. The molecule has 0 spiro atoms. The monoisotopic (exact) mass is 350 g/mol. The number of imidazole rings is 1. The summed E-state index contributed by atoms with van der Waals surface area (Å²) >= 11 is 0. The van der Waals surface area contributed by atoms with Gasteiger partial charge in [0.15, 0.2) is 5.82 Å². The first-order chi connectivity index (χ1) is 12.5. The van der Waals surface area contributed by atoms with Crippen LogP contribution in [-0.2, 0) is 6.54 Å². The Hall–Kier alpha value is -2.53. The van der Waals surface area contributed by atoms with Crippen LogP contribution in [0, 0.1) is 12.3 Å². The maximum absolute atomic E-state index is 9.38. The van der Waals surface area contributed by atoms with E-state index in [0.717, 1.165) is 42.0 Å². The molecule has 0 fully saturated rings. The third kappa shape index (κ3) is 4.35. The summed E-state index contributed by atoms with van der Waals surface area (Å²) < 4.78 is 2.12. The number of aliphatic hydroxyl groups is 1. The van der Waals surface area contributed by atoms with E-state index in [0.29, 0.717) is 0 Å². The Balaban J connectivity index is 1.72. The van der Waals surface area contributed by atoms with E-state index in [4.69, 9.17) is 0 Å². The van der Waals surface area contributed by atoms with Gasteiger partial charge in [0.1, 0.15) is 0 Å². The summed E-state index contributed by atoms with van der Waals surface area (Å²) in [5.41, 5.74) is 4.17. The fourth-order valence-electron chi connectivity index (χ4n) is 2.86. The van der Waals surface area contributed by atoms with Gasteiger partial charge in [-0.3, -0.25) is 0 Å². The van der Waals surface area contributed by atoms with Gasteiger partial charge in [-0.2, -0.15) is 0 Å². The van der Waals surface area contributed by atoms with Gasteiger partial charge in [-0.15, -0.1) is 0 Å². The Morgan fingerprint density at radius 1 is 1.00 bits per heavy atom. The van der Waals surface area contributed by atoms with Crippen molar-refractivity contribution in [2.45, 2.75) is 40.2 Å². The smallest absolute Gasteiger partial charge is 0.159 e. The van der Waals surface area contributed by atoms with Gasteiger partial charge < -0.3 is 9.67 Å². The molecule has 0 unspecified atom stereocenters. The van der Waals surface area contributed by atoms with Crippen LogP contribution in [0.15, 0.2) is 49.2 Å². The first kappa shape index (κ1) is 18.3. The zero-order valence-electron chi connectivity index (χ0n) is 15.7. The average Bonchev–Trinajstić information content (AvgIpc) is 3.11. The van der Waals surface area contributed by atoms with Gasteiger partial charge in [-0.1, -0.05) is 43.7 Å². The third-order valence-electron chi connectivity index (χ3n) is 4.65. The van der Waals surface area contributed by atoms with Gasteiger partial charge in [-0.25, -0.2) is 15.0 Å². The Kier molecular flexibility index (Phi) is 5.47. The lowest BCUT2D eigenvalue weighted by Crippen LogP contribution is -2.17. The lowest BCUT2D eigenvalue weighted by atomic mass is 9.89. The fraction of sp³-hybridized carbons (Fsp3) is 0.381. The maximum Gasteiger partial charge on any atom is 0.159 e. The highest BCUT2D eigenvalue weighted by Gasteiger charge is 2.16. The van der Waals surface area contributed by atoms with Crippen LogP contribution in [0.2, 0.25) is 0 Å². The lowest BCUT2D eigenvalue weighted by molar-refractivity contribution is 0.146. The zero-order valence-corrected chi connectivity index (χ0v) is 15.7. The molecule has 5 heteroatoms. The van der Waals surface area contributed by atoms with E-state index in [1.165, 1.54) is 5.56 Å². The highest BCUT2D eigenvalue weighted by molar-refractivity contribution is 5.60. The molecule has 5 nitrogen and oxygen atoms in total. The summed E-state index contributed by atoms with van der Waals surface area (Å²) in [6, 6.07) is 8.21. The third-order valence-corrected chi connectivity index (χ3v) is 4.65. The van der Waals surface area contributed by atoms with Crippen LogP contribution in [0.1, 0.15) is 32.3 Å². The quantitative estimate of drug-likeness (QED) is 0.696. The van der Waals surface area contributed by atoms with Gasteiger partial charge in [0.2, 0.25) is 0 Å². The van der Waals surface area contributed by atoms with Crippen LogP contribution >= 0.6 is 0 Å². The number of aryl methyl sites for hydroxylation is 2. The number of benzene rings is 1. The van der Waals surface area contributed by atoms with E-state index in [1.807, 2.05) is 37.1 Å². The van der Waals surface area contributed by atoms with Crippen molar-refractivity contribution in [3.8, 4) is 22.6 Å². The van der Waals surface area contributed by atoms with Crippen LogP contribution in [0.25, 0.3) is 22.6 Å². The molecule has 0 saturated heterocycles. The number of hydrogen-bond donors (Lipinski definition) is 1. The van der Waals surface area contributed by atoms with Crippen molar-refractivity contribution in [3.05, 3.63) is 54.7 Å². The second kappa shape index (κ2) is 7.79. The zero-order chi connectivity index (χ0) is 18.6. The molecule has 0 amide bonds.